The fourth-order valence-electron chi connectivity index (χ4n) is 1.90. The van der Waals surface area contributed by atoms with Gasteiger partial charge < -0.3 is 19.1 Å². The average molecular weight is 289 g/mol. The zero-order valence-electron chi connectivity index (χ0n) is 14.2. The van der Waals surface area contributed by atoms with Crippen molar-refractivity contribution < 1.29 is 19.1 Å². The van der Waals surface area contributed by atoms with Gasteiger partial charge in [-0.05, 0) is 12.8 Å². The lowest BCUT2D eigenvalue weighted by Crippen LogP contribution is -2.35. The lowest BCUT2D eigenvalue weighted by molar-refractivity contribution is -0.870. The molecule has 0 aromatic rings. The molecule has 20 heavy (non-hydrogen) atoms. The maximum atomic E-state index is 9.03. The van der Waals surface area contributed by atoms with Gasteiger partial charge >= 0.3 is 0 Å². The number of hydrogen-bond acceptors (Lipinski definition) is 3. The third kappa shape index (κ3) is 25.9. The molecule has 0 aliphatic heterocycles. The fraction of sp³-hybridized carbons (Fsp3) is 0.938. The number of quaternary nitrogens is 1. The SMILES string of the molecule is CCCCCCCCCCC[N+](C)(C)C.COC(=O)[O-]. The number of carbonyl (C=O) groups is 1. The van der Waals surface area contributed by atoms with Crippen molar-refractivity contribution in [3.8, 4) is 0 Å². The summed E-state index contributed by atoms with van der Waals surface area (Å²) in [4.78, 5) is 9.03. The van der Waals surface area contributed by atoms with Gasteiger partial charge in [-0.2, -0.15) is 0 Å². The third-order valence-electron chi connectivity index (χ3n) is 3.10. The van der Waals surface area contributed by atoms with E-state index in [9.17, 15) is 0 Å². The zero-order chi connectivity index (χ0) is 15.9. The summed E-state index contributed by atoms with van der Waals surface area (Å²) < 4.78 is 4.68. The number of methoxy groups -OCH3 is 1. The molecular formula is C16H35NO3. The molecule has 0 unspecified atom stereocenters. The minimum atomic E-state index is -1.50. The van der Waals surface area contributed by atoms with Gasteiger partial charge in [0.05, 0.1) is 27.7 Å². The Kier molecular flexibility index (Phi) is 15.8. The first-order valence-electron chi connectivity index (χ1n) is 7.89. The second-order valence-electron chi connectivity index (χ2n) is 6.30. The van der Waals surface area contributed by atoms with E-state index in [0.29, 0.717) is 0 Å². The Balaban J connectivity index is 0. The number of ether oxygens (including phenoxy) is 1. The normalized spacial score (nSPS) is 10.7. The highest BCUT2D eigenvalue weighted by atomic mass is 16.6. The second-order valence-corrected chi connectivity index (χ2v) is 6.30. The van der Waals surface area contributed by atoms with Gasteiger partial charge in [0, 0.05) is 7.11 Å². The van der Waals surface area contributed by atoms with Crippen molar-refractivity contribution in [3.63, 3.8) is 0 Å². The van der Waals surface area contributed by atoms with Gasteiger partial charge in [-0.25, -0.2) is 0 Å². The maximum Gasteiger partial charge on any atom is 0.251 e. The van der Waals surface area contributed by atoms with Crippen LogP contribution >= 0.6 is 0 Å². The van der Waals surface area contributed by atoms with E-state index in [-0.39, 0.29) is 0 Å². The van der Waals surface area contributed by atoms with Crippen LogP contribution in [-0.2, 0) is 4.74 Å². The van der Waals surface area contributed by atoms with E-state index in [1.54, 1.807) is 0 Å². The van der Waals surface area contributed by atoms with Crippen LogP contribution in [0.2, 0.25) is 0 Å². The fourth-order valence-corrected chi connectivity index (χ4v) is 1.90. The summed E-state index contributed by atoms with van der Waals surface area (Å²) in [6.45, 7) is 3.61. The summed E-state index contributed by atoms with van der Waals surface area (Å²) in [6, 6.07) is 0. The molecule has 122 valence electrons. The van der Waals surface area contributed by atoms with Crippen LogP contribution in [0.15, 0.2) is 0 Å². The highest BCUT2D eigenvalue weighted by molar-refractivity contribution is 5.53. The van der Waals surface area contributed by atoms with E-state index >= 15 is 0 Å². The van der Waals surface area contributed by atoms with Crippen molar-refractivity contribution >= 4 is 6.16 Å². The molecule has 0 aliphatic carbocycles. The minimum Gasteiger partial charge on any atom is -0.553 e. The van der Waals surface area contributed by atoms with Gasteiger partial charge in [0.1, 0.15) is 0 Å². The van der Waals surface area contributed by atoms with Gasteiger partial charge in [-0.15, -0.1) is 0 Å². The molecule has 0 radical (unpaired) electrons. The van der Waals surface area contributed by atoms with Gasteiger partial charge in [-0.3, -0.25) is 0 Å². The van der Waals surface area contributed by atoms with E-state index in [1.165, 1.54) is 64.3 Å². The summed E-state index contributed by atoms with van der Waals surface area (Å²) in [7, 11) is 7.88. The van der Waals surface area contributed by atoms with Crippen LogP contribution in [0.3, 0.4) is 0 Å². The molecule has 0 heterocycles. The summed E-state index contributed by atoms with van der Waals surface area (Å²) in [6.07, 6.45) is 11.4. The van der Waals surface area contributed by atoms with Crippen molar-refractivity contribution in [1.82, 2.24) is 0 Å². The van der Waals surface area contributed by atoms with Crippen LogP contribution < -0.4 is 5.11 Å². The molecule has 4 nitrogen and oxygen atoms in total. The lowest BCUT2D eigenvalue weighted by Gasteiger charge is -2.23. The molecule has 0 aromatic carbocycles. The standard InChI is InChI=1S/C14H32N.C2H4O3/c1-5-6-7-8-9-10-11-12-13-14-15(2,3)4;1-5-2(3)4/h5-14H2,1-4H3;1H3,(H,3,4)/q+1;/p-1. The number of carbonyl (C=O) groups excluding carboxylic acids is 1. The number of rotatable bonds is 10. The van der Waals surface area contributed by atoms with E-state index in [1.807, 2.05) is 0 Å². The van der Waals surface area contributed by atoms with E-state index in [0.717, 1.165) is 11.6 Å². The molecule has 0 N–H and O–H groups in total. The number of unbranched alkanes of at least 4 members (excludes halogenated alkanes) is 8. The highest BCUT2D eigenvalue weighted by Crippen LogP contribution is 2.10. The highest BCUT2D eigenvalue weighted by Gasteiger charge is 2.04. The molecular weight excluding hydrogens is 254 g/mol. The smallest absolute Gasteiger partial charge is 0.251 e. The number of hydrogen-bond donors (Lipinski definition) is 0. The monoisotopic (exact) mass is 289 g/mol. The average Bonchev–Trinajstić information content (AvgIpc) is 2.36. The Morgan fingerprint density at radius 1 is 0.900 bits per heavy atom. The van der Waals surface area contributed by atoms with Crippen molar-refractivity contribution in [1.29, 1.82) is 0 Å². The Hall–Kier alpha value is -0.770. The van der Waals surface area contributed by atoms with Gasteiger partial charge in [-0.1, -0.05) is 51.9 Å². The minimum absolute atomic E-state index is 1.04. The molecule has 0 bridgehead atoms. The largest absolute Gasteiger partial charge is 0.553 e. The van der Waals surface area contributed by atoms with E-state index < -0.39 is 6.16 Å². The van der Waals surface area contributed by atoms with Crippen LogP contribution in [0.25, 0.3) is 0 Å². The Morgan fingerprint density at radius 2 is 1.25 bits per heavy atom. The maximum absolute atomic E-state index is 9.03. The Labute approximate surface area is 125 Å². The molecule has 0 atom stereocenters. The summed E-state index contributed by atoms with van der Waals surface area (Å²) in [5.41, 5.74) is 0. The molecule has 0 aliphatic rings. The van der Waals surface area contributed by atoms with Crippen LogP contribution in [0.1, 0.15) is 64.7 Å². The van der Waals surface area contributed by atoms with Crippen molar-refractivity contribution in [3.05, 3.63) is 0 Å². The molecule has 0 saturated heterocycles. The second kappa shape index (κ2) is 14.6. The summed E-state index contributed by atoms with van der Waals surface area (Å²) in [5, 5.41) is 9.03. The van der Waals surface area contributed by atoms with Crippen molar-refractivity contribution in [2.24, 2.45) is 0 Å². The first-order valence-corrected chi connectivity index (χ1v) is 7.89. The molecule has 0 rings (SSSR count). The number of carboxylic acid groups (broad SMARTS) is 1. The molecule has 0 aromatic heterocycles. The molecule has 0 saturated carbocycles. The van der Waals surface area contributed by atoms with Gasteiger partial charge in [0.2, 0.25) is 0 Å². The summed E-state index contributed by atoms with van der Waals surface area (Å²) in [5.74, 6) is 0. The Morgan fingerprint density at radius 3 is 1.55 bits per heavy atom. The first kappa shape index (κ1) is 21.5. The van der Waals surface area contributed by atoms with Crippen molar-refractivity contribution in [2.75, 3.05) is 34.8 Å². The predicted molar refractivity (Wildman–Crippen MR) is 82.5 cm³/mol. The van der Waals surface area contributed by atoms with E-state index in [2.05, 4.69) is 32.8 Å². The van der Waals surface area contributed by atoms with Gasteiger partial charge in [0.25, 0.3) is 6.16 Å². The summed E-state index contributed by atoms with van der Waals surface area (Å²) >= 11 is 0. The molecule has 0 spiro atoms. The Bertz CT molecular complexity index is 212. The molecule has 0 fully saturated rings. The van der Waals surface area contributed by atoms with Crippen LogP contribution in [0.5, 0.6) is 0 Å². The van der Waals surface area contributed by atoms with Crippen LogP contribution in [0, 0.1) is 0 Å². The van der Waals surface area contributed by atoms with E-state index in [4.69, 9.17) is 9.90 Å². The zero-order valence-corrected chi connectivity index (χ0v) is 14.2. The molecule has 4 heteroatoms. The third-order valence-corrected chi connectivity index (χ3v) is 3.10. The van der Waals surface area contributed by atoms with Crippen molar-refractivity contribution in [2.45, 2.75) is 64.7 Å². The quantitative estimate of drug-likeness (QED) is 0.352. The lowest BCUT2D eigenvalue weighted by atomic mass is 10.1. The van der Waals surface area contributed by atoms with Crippen LogP contribution in [0.4, 0.5) is 4.79 Å². The van der Waals surface area contributed by atoms with Gasteiger partial charge in [0.15, 0.2) is 0 Å². The van der Waals surface area contributed by atoms with Crippen LogP contribution in [-0.4, -0.2) is 45.4 Å². The molecule has 0 amide bonds. The topological polar surface area (TPSA) is 49.4 Å². The number of nitrogens with zero attached hydrogens (tertiary/aromatic N) is 1. The predicted octanol–water partition coefficient (Wildman–Crippen LogP) is 3.20. The first-order chi connectivity index (χ1) is 9.33.